The van der Waals surface area contributed by atoms with Gasteiger partial charge in [-0.3, -0.25) is 9.48 Å². The van der Waals surface area contributed by atoms with Gasteiger partial charge in [-0.25, -0.2) is 0 Å². The lowest BCUT2D eigenvalue weighted by molar-refractivity contribution is 0.103. The predicted octanol–water partition coefficient (Wildman–Crippen LogP) is 2.48. The third kappa shape index (κ3) is 2.01. The average molecular weight is 243 g/mol. The first-order chi connectivity index (χ1) is 8.69. The largest absolute Gasteiger partial charge is 0.385 e. The average Bonchev–Trinajstić information content (AvgIpc) is 2.74. The molecule has 0 saturated carbocycles. The van der Waals surface area contributed by atoms with E-state index in [1.165, 1.54) is 0 Å². The molecule has 0 unspecified atom stereocenters. The van der Waals surface area contributed by atoms with Crippen LogP contribution in [0.1, 0.15) is 28.7 Å². The second-order valence-electron chi connectivity index (χ2n) is 4.07. The Labute approximate surface area is 107 Å². The third-order valence-electron chi connectivity index (χ3n) is 2.93. The Hall–Kier alpha value is -2.10. The van der Waals surface area contributed by atoms with Gasteiger partial charge in [0.2, 0.25) is 5.78 Å². The molecule has 0 bridgehead atoms. The molecule has 2 aromatic rings. The first-order valence-corrected chi connectivity index (χ1v) is 6.04. The molecule has 18 heavy (non-hydrogen) atoms. The Balaban J connectivity index is 2.53. The maximum Gasteiger partial charge on any atom is 0.213 e. The molecule has 0 aliphatic carbocycles. The smallest absolute Gasteiger partial charge is 0.213 e. The summed E-state index contributed by atoms with van der Waals surface area (Å²) in [6.07, 6.45) is 0. The minimum atomic E-state index is 0.00222. The van der Waals surface area contributed by atoms with E-state index in [0.717, 1.165) is 11.4 Å². The van der Waals surface area contributed by atoms with Crippen molar-refractivity contribution in [1.29, 1.82) is 0 Å². The highest BCUT2D eigenvalue weighted by atomic mass is 16.1. The molecule has 0 radical (unpaired) electrons. The maximum atomic E-state index is 12.5. The number of anilines is 1. The van der Waals surface area contributed by atoms with Crippen LogP contribution in [0.25, 0.3) is 0 Å². The normalized spacial score (nSPS) is 10.4. The molecule has 94 valence electrons. The molecule has 0 fully saturated rings. The second-order valence-corrected chi connectivity index (χ2v) is 4.07. The molecule has 1 heterocycles. The number of carbonyl (C=O) groups is 1. The molecule has 0 atom stereocenters. The SMILES string of the molecule is CCn1nc(C)c(NC)c1C(=O)c1ccccc1. The number of ketones is 1. The van der Waals surface area contributed by atoms with Gasteiger partial charge in [0.05, 0.1) is 11.4 Å². The number of rotatable bonds is 4. The number of nitrogens with zero attached hydrogens (tertiary/aromatic N) is 2. The molecule has 1 aromatic carbocycles. The van der Waals surface area contributed by atoms with Crippen molar-refractivity contribution in [3.8, 4) is 0 Å². The van der Waals surface area contributed by atoms with Crippen molar-refractivity contribution in [2.45, 2.75) is 20.4 Å². The Morgan fingerprint density at radius 1 is 1.33 bits per heavy atom. The van der Waals surface area contributed by atoms with Gasteiger partial charge >= 0.3 is 0 Å². The van der Waals surface area contributed by atoms with E-state index in [4.69, 9.17) is 0 Å². The number of hydrogen-bond donors (Lipinski definition) is 1. The number of aromatic nitrogens is 2. The first-order valence-electron chi connectivity index (χ1n) is 6.04. The summed E-state index contributed by atoms with van der Waals surface area (Å²) in [5, 5.41) is 7.44. The van der Waals surface area contributed by atoms with Crippen LogP contribution in [0.15, 0.2) is 30.3 Å². The quantitative estimate of drug-likeness (QED) is 0.839. The molecule has 0 aliphatic rings. The zero-order valence-corrected chi connectivity index (χ0v) is 10.9. The Morgan fingerprint density at radius 3 is 2.56 bits per heavy atom. The summed E-state index contributed by atoms with van der Waals surface area (Å²) in [5.41, 5.74) is 2.97. The van der Waals surface area contributed by atoms with Gasteiger partial charge in [0.25, 0.3) is 0 Å². The van der Waals surface area contributed by atoms with Crippen molar-refractivity contribution >= 4 is 11.5 Å². The van der Waals surface area contributed by atoms with Gasteiger partial charge in [0.15, 0.2) is 0 Å². The minimum absolute atomic E-state index is 0.00222. The highest BCUT2D eigenvalue weighted by Crippen LogP contribution is 2.22. The van der Waals surface area contributed by atoms with E-state index in [1.807, 2.05) is 51.2 Å². The van der Waals surface area contributed by atoms with E-state index in [0.29, 0.717) is 17.8 Å². The fourth-order valence-electron chi connectivity index (χ4n) is 2.07. The summed E-state index contributed by atoms with van der Waals surface area (Å²) in [6.45, 7) is 4.56. The monoisotopic (exact) mass is 243 g/mol. The van der Waals surface area contributed by atoms with Crippen LogP contribution in [0, 0.1) is 6.92 Å². The molecule has 1 aromatic heterocycles. The van der Waals surface area contributed by atoms with Gasteiger partial charge in [-0.1, -0.05) is 30.3 Å². The van der Waals surface area contributed by atoms with Gasteiger partial charge in [0, 0.05) is 19.2 Å². The van der Waals surface area contributed by atoms with Crippen LogP contribution in [-0.4, -0.2) is 22.6 Å². The standard InChI is InChI=1S/C14H17N3O/c1-4-17-13(12(15-3)10(2)16-17)14(18)11-8-6-5-7-9-11/h5-9,15H,4H2,1-3H3. The molecule has 2 rings (SSSR count). The maximum absolute atomic E-state index is 12.5. The first kappa shape index (κ1) is 12.4. The van der Waals surface area contributed by atoms with Gasteiger partial charge in [-0.2, -0.15) is 5.10 Å². The molecule has 0 saturated heterocycles. The van der Waals surface area contributed by atoms with Crippen LogP contribution < -0.4 is 5.32 Å². The van der Waals surface area contributed by atoms with Crippen molar-refractivity contribution in [3.05, 3.63) is 47.3 Å². The fourth-order valence-corrected chi connectivity index (χ4v) is 2.07. The molecular weight excluding hydrogens is 226 g/mol. The zero-order chi connectivity index (χ0) is 13.1. The predicted molar refractivity (Wildman–Crippen MR) is 72.1 cm³/mol. The number of aryl methyl sites for hydroxylation is 2. The lowest BCUT2D eigenvalue weighted by Crippen LogP contribution is -2.12. The second kappa shape index (κ2) is 5.04. The summed E-state index contributed by atoms with van der Waals surface area (Å²) in [5.74, 6) is 0.00222. The molecule has 0 aliphatic heterocycles. The topological polar surface area (TPSA) is 46.9 Å². The molecular formula is C14H17N3O. The summed E-state index contributed by atoms with van der Waals surface area (Å²) >= 11 is 0. The van der Waals surface area contributed by atoms with Crippen LogP contribution in [0.3, 0.4) is 0 Å². The molecule has 1 N–H and O–H groups in total. The van der Waals surface area contributed by atoms with Crippen LogP contribution >= 0.6 is 0 Å². The fraction of sp³-hybridized carbons (Fsp3) is 0.286. The van der Waals surface area contributed by atoms with Crippen LogP contribution in [0.5, 0.6) is 0 Å². The molecule has 4 nitrogen and oxygen atoms in total. The van der Waals surface area contributed by atoms with Crippen LogP contribution in [0.4, 0.5) is 5.69 Å². The lowest BCUT2D eigenvalue weighted by atomic mass is 10.1. The Bertz CT molecular complexity index is 558. The van der Waals surface area contributed by atoms with Crippen molar-refractivity contribution in [2.75, 3.05) is 12.4 Å². The Kier molecular flexibility index (Phi) is 3.46. The minimum Gasteiger partial charge on any atom is -0.385 e. The highest BCUT2D eigenvalue weighted by molar-refractivity contribution is 6.11. The summed E-state index contributed by atoms with van der Waals surface area (Å²) in [4.78, 5) is 12.5. The highest BCUT2D eigenvalue weighted by Gasteiger charge is 2.21. The van der Waals surface area contributed by atoms with E-state index in [2.05, 4.69) is 10.4 Å². The van der Waals surface area contributed by atoms with Gasteiger partial charge in [-0.15, -0.1) is 0 Å². The number of hydrogen-bond acceptors (Lipinski definition) is 3. The summed E-state index contributed by atoms with van der Waals surface area (Å²) in [6, 6.07) is 9.28. The molecule has 0 amide bonds. The Morgan fingerprint density at radius 2 is 2.00 bits per heavy atom. The lowest BCUT2D eigenvalue weighted by Gasteiger charge is -2.06. The van der Waals surface area contributed by atoms with Crippen molar-refractivity contribution in [1.82, 2.24) is 9.78 Å². The van der Waals surface area contributed by atoms with E-state index >= 15 is 0 Å². The van der Waals surface area contributed by atoms with Crippen molar-refractivity contribution < 1.29 is 4.79 Å². The van der Waals surface area contributed by atoms with E-state index in [1.54, 1.807) is 4.68 Å². The van der Waals surface area contributed by atoms with Gasteiger partial charge < -0.3 is 5.32 Å². The van der Waals surface area contributed by atoms with Crippen LogP contribution in [0.2, 0.25) is 0 Å². The van der Waals surface area contributed by atoms with E-state index < -0.39 is 0 Å². The van der Waals surface area contributed by atoms with Gasteiger partial charge in [0.1, 0.15) is 5.69 Å². The van der Waals surface area contributed by atoms with Crippen molar-refractivity contribution in [3.63, 3.8) is 0 Å². The summed E-state index contributed by atoms with van der Waals surface area (Å²) < 4.78 is 1.75. The summed E-state index contributed by atoms with van der Waals surface area (Å²) in [7, 11) is 1.81. The molecule has 0 spiro atoms. The third-order valence-corrected chi connectivity index (χ3v) is 2.93. The van der Waals surface area contributed by atoms with E-state index in [-0.39, 0.29) is 5.78 Å². The van der Waals surface area contributed by atoms with E-state index in [9.17, 15) is 4.79 Å². The number of benzene rings is 1. The molecule has 4 heteroatoms. The van der Waals surface area contributed by atoms with Crippen molar-refractivity contribution in [2.24, 2.45) is 0 Å². The van der Waals surface area contributed by atoms with Crippen LogP contribution in [-0.2, 0) is 6.54 Å². The number of carbonyl (C=O) groups excluding carboxylic acids is 1. The van der Waals surface area contributed by atoms with Gasteiger partial charge in [-0.05, 0) is 13.8 Å². The zero-order valence-electron chi connectivity index (χ0n) is 10.9. The number of nitrogens with one attached hydrogen (secondary N) is 1.